The normalized spacial score (nSPS) is 25.9. The summed E-state index contributed by atoms with van der Waals surface area (Å²) in [4.78, 5) is 25.6. The van der Waals surface area contributed by atoms with E-state index in [0.717, 1.165) is 18.4 Å². The van der Waals surface area contributed by atoms with Crippen LogP contribution in [0.3, 0.4) is 0 Å². The van der Waals surface area contributed by atoms with Crippen LogP contribution in [-0.4, -0.2) is 34.5 Å². The van der Waals surface area contributed by atoms with Crippen molar-refractivity contribution in [1.29, 1.82) is 0 Å². The van der Waals surface area contributed by atoms with Crippen molar-refractivity contribution in [2.24, 2.45) is 5.92 Å². The van der Waals surface area contributed by atoms with E-state index in [0.29, 0.717) is 24.7 Å². The summed E-state index contributed by atoms with van der Waals surface area (Å²) in [7, 11) is 0. The van der Waals surface area contributed by atoms with Crippen LogP contribution in [0, 0.1) is 5.92 Å². The maximum absolute atomic E-state index is 11.8. The van der Waals surface area contributed by atoms with Crippen LogP contribution >= 0.6 is 0 Å². The van der Waals surface area contributed by atoms with E-state index in [2.05, 4.69) is 10.8 Å². The van der Waals surface area contributed by atoms with Crippen molar-refractivity contribution < 1.29 is 14.7 Å². The van der Waals surface area contributed by atoms with Gasteiger partial charge < -0.3 is 10.0 Å². The molecular weight excluding hydrogens is 290 g/mol. The lowest BCUT2D eigenvalue weighted by molar-refractivity contribution is -0.143. The Morgan fingerprint density at radius 3 is 2.39 bits per heavy atom. The molecule has 2 atom stereocenters. The van der Waals surface area contributed by atoms with Gasteiger partial charge in [-0.1, -0.05) is 49.6 Å². The van der Waals surface area contributed by atoms with E-state index >= 15 is 0 Å². The lowest BCUT2D eigenvalue weighted by Gasteiger charge is -2.44. The molecule has 1 N–H and O–H groups in total. The van der Waals surface area contributed by atoms with E-state index < -0.39 is 11.9 Å². The summed E-state index contributed by atoms with van der Waals surface area (Å²) < 4.78 is 0. The molecule has 1 aromatic rings. The molecule has 0 amide bonds. The molecule has 1 saturated heterocycles. The molecule has 0 spiro atoms. The standard InChI is InChI=1S/C19H23NO3/c21-13-17-18(14-7-3-1-4-8-14)16(19(22)23)11-12-20(17)15-9-5-2-6-10-15/h1,3-4,7-8,15-16,18H,2,5-6,9-12H2,(H,22,23). The van der Waals surface area contributed by atoms with Gasteiger partial charge in [-0.15, -0.1) is 0 Å². The Balaban J connectivity index is 1.95. The van der Waals surface area contributed by atoms with Gasteiger partial charge in [0.25, 0.3) is 0 Å². The van der Waals surface area contributed by atoms with Crippen LogP contribution in [0.1, 0.15) is 50.0 Å². The maximum Gasteiger partial charge on any atom is 0.307 e. The van der Waals surface area contributed by atoms with Crippen LogP contribution in [0.2, 0.25) is 0 Å². The SMILES string of the molecule is O=C=C1C(c2ccccc2)C(C(=O)O)CCN1C1CCCCC1. The van der Waals surface area contributed by atoms with Crippen molar-refractivity contribution in [2.75, 3.05) is 6.54 Å². The maximum atomic E-state index is 11.8. The topological polar surface area (TPSA) is 57.6 Å². The summed E-state index contributed by atoms with van der Waals surface area (Å²) >= 11 is 0. The molecule has 1 heterocycles. The molecule has 122 valence electrons. The molecule has 1 aliphatic heterocycles. The number of aliphatic carboxylic acids is 1. The zero-order valence-electron chi connectivity index (χ0n) is 13.3. The first kappa shape index (κ1) is 15.8. The van der Waals surface area contributed by atoms with Crippen molar-refractivity contribution in [1.82, 2.24) is 4.90 Å². The number of carbonyl (C=O) groups excluding carboxylic acids is 1. The first-order valence-electron chi connectivity index (χ1n) is 8.51. The summed E-state index contributed by atoms with van der Waals surface area (Å²) in [5, 5.41) is 9.62. The van der Waals surface area contributed by atoms with E-state index in [-0.39, 0.29) is 5.92 Å². The third kappa shape index (κ3) is 3.18. The zero-order chi connectivity index (χ0) is 16.2. The highest BCUT2D eigenvalue weighted by Crippen LogP contribution is 2.41. The first-order chi connectivity index (χ1) is 11.2. The molecule has 1 saturated carbocycles. The number of hydrogen-bond acceptors (Lipinski definition) is 3. The molecule has 2 unspecified atom stereocenters. The number of hydrogen-bond donors (Lipinski definition) is 1. The molecule has 2 fully saturated rings. The van der Waals surface area contributed by atoms with Crippen LogP contribution < -0.4 is 0 Å². The third-order valence-electron chi connectivity index (χ3n) is 5.28. The van der Waals surface area contributed by atoms with Gasteiger partial charge in [-0.25, -0.2) is 4.79 Å². The van der Waals surface area contributed by atoms with Crippen molar-refractivity contribution in [2.45, 2.75) is 50.5 Å². The van der Waals surface area contributed by atoms with E-state index in [1.54, 1.807) is 0 Å². The molecule has 2 aliphatic rings. The second-order valence-corrected chi connectivity index (χ2v) is 6.59. The zero-order valence-corrected chi connectivity index (χ0v) is 13.3. The minimum absolute atomic E-state index is 0.362. The summed E-state index contributed by atoms with van der Waals surface area (Å²) in [5.41, 5.74) is 1.44. The average Bonchev–Trinajstić information content (AvgIpc) is 2.61. The Morgan fingerprint density at radius 2 is 1.78 bits per heavy atom. The van der Waals surface area contributed by atoms with Gasteiger partial charge in [-0.05, 0) is 24.8 Å². The number of carbonyl (C=O) groups is 1. The fourth-order valence-corrected chi connectivity index (χ4v) is 4.15. The van der Waals surface area contributed by atoms with Crippen LogP contribution in [0.5, 0.6) is 0 Å². The quantitative estimate of drug-likeness (QED) is 0.871. The minimum Gasteiger partial charge on any atom is -0.481 e. The van der Waals surface area contributed by atoms with E-state index in [1.807, 2.05) is 30.3 Å². The fraction of sp³-hybridized carbons (Fsp3) is 0.526. The van der Waals surface area contributed by atoms with Gasteiger partial charge in [-0.2, -0.15) is 0 Å². The second kappa shape index (κ2) is 7.01. The molecule has 4 heteroatoms. The minimum atomic E-state index is -0.824. The number of likely N-dealkylation sites (tertiary alicyclic amines) is 1. The fourth-order valence-electron chi connectivity index (χ4n) is 4.15. The predicted molar refractivity (Wildman–Crippen MR) is 87.7 cm³/mol. The van der Waals surface area contributed by atoms with Crippen molar-refractivity contribution in [3.8, 4) is 0 Å². The first-order valence-corrected chi connectivity index (χ1v) is 8.51. The van der Waals surface area contributed by atoms with Gasteiger partial charge in [0.15, 0.2) is 0 Å². The van der Waals surface area contributed by atoms with E-state index in [4.69, 9.17) is 0 Å². The van der Waals surface area contributed by atoms with Crippen LogP contribution in [0.4, 0.5) is 0 Å². The monoisotopic (exact) mass is 313 g/mol. The summed E-state index contributed by atoms with van der Waals surface area (Å²) in [6, 6.07) is 9.91. The molecule has 1 aromatic carbocycles. The summed E-state index contributed by atoms with van der Waals surface area (Å²) in [5.74, 6) is 0.355. The van der Waals surface area contributed by atoms with Gasteiger partial charge in [-0.3, -0.25) is 4.79 Å². The van der Waals surface area contributed by atoms with Crippen molar-refractivity contribution in [3.63, 3.8) is 0 Å². The highest BCUT2D eigenvalue weighted by Gasteiger charge is 2.41. The van der Waals surface area contributed by atoms with E-state index in [9.17, 15) is 14.7 Å². The van der Waals surface area contributed by atoms with Gasteiger partial charge in [0.05, 0.1) is 5.92 Å². The highest BCUT2D eigenvalue weighted by molar-refractivity contribution is 5.74. The highest BCUT2D eigenvalue weighted by atomic mass is 16.4. The van der Waals surface area contributed by atoms with E-state index in [1.165, 1.54) is 19.3 Å². The Kier molecular flexibility index (Phi) is 4.82. The average molecular weight is 313 g/mol. The number of allylic oxidation sites excluding steroid dienone is 1. The number of carboxylic acid groups (broad SMARTS) is 1. The molecular formula is C19H23NO3. The molecule has 0 aromatic heterocycles. The van der Waals surface area contributed by atoms with Gasteiger partial charge in [0.2, 0.25) is 0 Å². The molecule has 0 bridgehead atoms. The van der Waals surface area contributed by atoms with Gasteiger partial charge >= 0.3 is 5.97 Å². The molecule has 3 rings (SSSR count). The van der Waals surface area contributed by atoms with Crippen LogP contribution in [-0.2, 0) is 9.59 Å². The van der Waals surface area contributed by atoms with Crippen molar-refractivity contribution >= 4 is 11.9 Å². The molecule has 23 heavy (non-hydrogen) atoms. The number of nitrogens with zero attached hydrogens (tertiary/aromatic N) is 1. The Morgan fingerprint density at radius 1 is 1.09 bits per heavy atom. The Hall–Kier alpha value is -2.06. The lowest BCUT2D eigenvalue weighted by atomic mass is 9.77. The van der Waals surface area contributed by atoms with Gasteiger partial charge in [0, 0.05) is 18.5 Å². The number of benzene rings is 1. The Bertz CT molecular complexity index is 600. The summed E-state index contributed by atoms with van der Waals surface area (Å²) in [6.45, 7) is 0.648. The molecule has 0 radical (unpaired) electrons. The van der Waals surface area contributed by atoms with Crippen LogP contribution in [0.15, 0.2) is 36.0 Å². The van der Waals surface area contributed by atoms with Crippen molar-refractivity contribution in [3.05, 3.63) is 41.6 Å². The molecule has 1 aliphatic carbocycles. The largest absolute Gasteiger partial charge is 0.481 e. The predicted octanol–water partition coefficient (Wildman–Crippen LogP) is 3.22. The molecule has 4 nitrogen and oxygen atoms in total. The summed E-state index contributed by atoms with van der Waals surface area (Å²) in [6.07, 6.45) is 6.38. The Labute approximate surface area is 136 Å². The third-order valence-corrected chi connectivity index (χ3v) is 5.28. The second-order valence-electron chi connectivity index (χ2n) is 6.59. The number of rotatable bonds is 3. The van der Waals surface area contributed by atoms with Gasteiger partial charge in [0.1, 0.15) is 11.6 Å². The number of piperidine rings is 1. The number of carboxylic acids is 1. The van der Waals surface area contributed by atoms with Crippen LogP contribution in [0.25, 0.3) is 0 Å². The lowest BCUT2D eigenvalue weighted by Crippen LogP contribution is -2.46. The smallest absolute Gasteiger partial charge is 0.307 e.